The number of nitrogens with zero attached hydrogens (tertiary/aromatic N) is 1. The summed E-state index contributed by atoms with van der Waals surface area (Å²) in [6.45, 7) is 2.29. The lowest BCUT2D eigenvalue weighted by molar-refractivity contribution is -0.139. The van der Waals surface area contributed by atoms with E-state index in [2.05, 4.69) is 5.32 Å². The van der Waals surface area contributed by atoms with Crippen LogP contribution in [0.2, 0.25) is 5.02 Å². The Morgan fingerprint density at radius 1 is 1.09 bits per heavy atom. The third-order valence-corrected chi connectivity index (χ3v) is 7.00. The van der Waals surface area contributed by atoms with Crippen LogP contribution in [0, 0.1) is 5.82 Å². The van der Waals surface area contributed by atoms with Gasteiger partial charge >= 0.3 is 0 Å². The van der Waals surface area contributed by atoms with Gasteiger partial charge in [0.15, 0.2) is 0 Å². The van der Waals surface area contributed by atoms with Gasteiger partial charge in [0.25, 0.3) is 0 Å². The summed E-state index contributed by atoms with van der Waals surface area (Å²) < 4.78 is 13.1. The maximum Gasteiger partial charge on any atom is 0.243 e. The number of thioether (sulfide) groups is 1. The van der Waals surface area contributed by atoms with Crippen LogP contribution in [0.5, 0.6) is 0 Å². The minimum Gasteiger partial charge on any atom is -0.352 e. The summed E-state index contributed by atoms with van der Waals surface area (Å²) in [6.07, 6.45) is 4.81. The molecule has 1 aliphatic carbocycles. The zero-order valence-electron chi connectivity index (χ0n) is 18.4. The Balaban J connectivity index is 1.68. The standard InChI is InChI=1S/C25H30ClFN2O2S/c1-2-23(25(31)28-22-5-3-4-6-22)29(15-18-7-11-20(26)12-8-18)24(30)17-32-16-19-9-13-21(27)14-10-19/h7-14,22-23H,2-6,15-17H2,1H3,(H,28,31)/t23-/m0/s1. The molecule has 172 valence electrons. The summed E-state index contributed by atoms with van der Waals surface area (Å²) in [5.74, 6) is 0.415. The molecule has 1 aliphatic rings. The zero-order chi connectivity index (χ0) is 22.9. The van der Waals surface area contributed by atoms with Gasteiger partial charge in [0.1, 0.15) is 11.9 Å². The summed E-state index contributed by atoms with van der Waals surface area (Å²) in [6, 6.07) is 13.3. The van der Waals surface area contributed by atoms with Gasteiger partial charge in [-0.15, -0.1) is 11.8 Å². The van der Waals surface area contributed by atoms with Gasteiger partial charge in [-0.3, -0.25) is 9.59 Å². The lowest BCUT2D eigenvalue weighted by Gasteiger charge is -2.31. The Bertz CT molecular complexity index is 886. The molecule has 1 fully saturated rings. The fourth-order valence-corrected chi connectivity index (χ4v) is 4.99. The molecular weight excluding hydrogens is 447 g/mol. The first-order valence-electron chi connectivity index (χ1n) is 11.1. The molecule has 1 saturated carbocycles. The number of hydrogen-bond acceptors (Lipinski definition) is 3. The second kappa shape index (κ2) is 12.3. The second-order valence-electron chi connectivity index (χ2n) is 8.18. The van der Waals surface area contributed by atoms with Crippen LogP contribution in [0.4, 0.5) is 4.39 Å². The van der Waals surface area contributed by atoms with Crippen molar-refractivity contribution in [3.8, 4) is 0 Å². The quantitative estimate of drug-likeness (QED) is 0.487. The van der Waals surface area contributed by atoms with Crippen molar-refractivity contribution in [2.45, 2.75) is 63.4 Å². The molecule has 3 rings (SSSR count). The summed E-state index contributed by atoms with van der Waals surface area (Å²) >= 11 is 7.48. The Hall–Kier alpha value is -2.05. The van der Waals surface area contributed by atoms with Crippen LogP contribution in [-0.2, 0) is 21.9 Å². The Morgan fingerprint density at radius 2 is 1.72 bits per heavy atom. The van der Waals surface area contributed by atoms with Gasteiger partial charge in [0.2, 0.25) is 11.8 Å². The summed E-state index contributed by atoms with van der Waals surface area (Å²) in [5.41, 5.74) is 1.89. The molecule has 0 aromatic heterocycles. The van der Waals surface area contributed by atoms with Crippen molar-refractivity contribution in [2.75, 3.05) is 5.75 Å². The van der Waals surface area contributed by atoms with Crippen LogP contribution in [-0.4, -0.2) is 34.6 Å². The first-order chi connectivity index (χ1) is 15.5. The molecule has 2 aromatic rings. The maximum atomic E-state index is 13.2. The van der Waals surface area contributed by atoms with E-state index in [0.717, 1.165) is 36.8 Å². The number of carbonyl (C=O) groups is 2. The first kappa shape index (κ1) is 24.6. The van der Waals surface area contributed by atoms with Gasteiger partial charge in [0, 0.05) is 23.4 Å². The molecule has 0 saturated heterocycles. The molecule has 2 aromatic carbocycles. The Labute approximate surface area is 198 Å². The number of amides is 2. The van der Waals surface area contributed by atoms with E-state index in [4.69, 9.17) is 11.6 Å². The predicted molar refractivity (Wildman–Crippen MR) is 129 cm³/mol. The van der Waals surface area contributed by atoms with Gasteiger partial charge in [-0.2, -0.15) is 0 Å². The van der Waals surface area contributed by atoms with Crippen LogP contribution in [0.15, 0.2) is 48.5 Å². The van der Waals surface area contributed by atoms with Gasteiger partial charge in [-0.25, -0.2) is 4.39 Å². The monoisotopic (exact) mass is 476 g/mol. The van der Waals surface area contributed by atoms with Crippen molar-refractivity contribution in [3.63, 3.8) is 0 Å². The number of benzene rings is 2. The van der Waals surface area contributed by atoms with Crippen molar-refractivity contribution in [3.05, 3.63) is 70.5 Å². The fraction of sp³-hybridized carbons (Fsp3) is 0.440. The van der Waals surface area contributed by atoms with Crippen molar-refractivity contribution in [2.24, 2.45) is 0 Å². The zero-order valence-corrected chi connectivity index (χ0v) is 19.9. The molecule has 0 bridgehead atoms. The van der Waals surface area contributed by atoms with Crippen LogP contribution in [0.3, 0.4) is 0 Å². The minimum absolute atomic E-state index is 0.0785. The molecule has 4 nitrogen and oxygen atoms in total. The van der Waals surface area contributed by atoms with Gasteiger partial charge in [0.05, 0.1) is 5.75 Å². The fourth-order valence-electron chi connectivity index (χ4n) is 3.99. The summed E-state index contributed by atoms with van der Waals surface area (Å²) in [4.78, 5) is 28.0. The van der Waals surface area contributed by atoms with E-state index >= 15 is 0 Å². The molecule has 0 spiro atoms. The van der Waals surface area contributed by atoms with Gasteiger partial charge in [-0.1, -0.05) is 55.6 Å². The van der Waals surface area contributed by atoms with E-state index in [-0.39, 0.29) is 29.4 Å². The van der Waals surface area contributed by atoms with E-state index in [1.807, 2.05) is 19.1 Å². The smallest absolute Gasteiger partial charge is 0.243 e. The lowest BCUT2D eigenvalue weighted by atomic mass is 10.1. The van der Waals surface area contributed by atoms with Crippen LogP contribution in [0.1, 0.15) is 50.2 Å². The molecule has 0 radical (unpaired) electrons. The Kier molecular flexibility index (Phi) is 9.42. The average molecular weight is 477 g/mol. The Morgan fingerprint density at radius 3 is 2.34 bits per heavy atom. The van der Waals surface area contributed by atoms with Crippen LogP contribution >= 0.6 is 23.4 Å². The topological polar surface area (TPSA) is 49.4 Å². The molecule has 0 heterocycles. The highest BCUT2D eigenvalue weighted by molar-refractivity contribution is 7.99. The third-order valence-electron chi connectivity index (χ3n) is 5.76. The number of carbonyl (C=O) groups excluding carboxylic acids is 2. The molecule has 1 N–H and O–H groups in total. The van der Waals surface area contributed by atoms with Gasteiger partial charge < -0.3 is 10.2 Å². The van der Waals surface area contributed by atoms with Gasteiger partial charge in [-0.05, 0) is 54.7 Å². The van der Waals surface area contributed by atoms with Crippen molar-refractivity contribution in [1.29, 1.82) is 0 Å². The normalized spacial score (nSPS) is 14.8. The van der Waals surface area contributed by atoms with Crippen molar-refractivity contribution < 1.29 is 14.0 Å². The molecule has 32 heavy (non-hydrogen) atoms. The van der Waals surface area contributed by atoms with E-state index in [1.165, 1.54) is 23.9 Å². The number of hydrogen-bond donors (Lipinski definition) is 1. The highest BCUT2D eigenvalue weighted by atomic mass is 35.5. The SMILES string of the molecule is CC[C@@H](C(=O)NC1CCCC1)N(Cc1ccc(Cl)cc1)C(=O)CSCc1ccc(F)cc1. The number of halogens is 2. The predicted octanol–water partition coefficient (Wildman–Crippen LogP) is 5.58. The van der Waals surface area contributed by atoms with E-state index < -0.39 is 6.04 Å². The van der Waals surface area contributed by atoms with E-state index in [0.29, 0.717) is 23.7 Å². The van der Waals surface area contributed by atoms with E-state index in [1.54, 1.807) is 29.2 Å². The molecular formula is C25H30ClFN2O2S. The lowest BCUT2D eigenvalue weighted by Crippen LogP contribution is -2.51. The maximum absolute atomic E-state index is 13.2. The average Bonchev–Trinajstić information content (AvgIpc) is 3.29. The largest absolute Gasteiger partial charge is 0.352 e. The summed E-state index contributed by atoms with van der Waals surface area (Å²) in [7, 11) is 0. The number of rotatable bonds is 10. The molecule has 2 amide bonds. The second-order valence-corrected chi connectivity index (χ2v) is 9.60. The molecule has 1 atom stereocenters. The molecule has 0 aliphatic heterocycles. The minimum atomic E-state index is -0.523. The highest BCUT2D eigenvalue weighted by Crippen LogP contribution is 2.21. The van der Waals surface area contributed by atoms with Crippen LogP contribution < -0.4 is 5.32 Å². The third kappa shape index (κ3) is 7.24. The highest BCUT2D eigenvalue weighted by Gasteiger charge is 2.30. The molecule has 7 heteroatoms. The van der Waals surface area contributed by atoms with E-state index in [9.17, 15) is 14.0 Å². The number of nitrogens with one attached hydrogen (secondary N) is 1. The van der Waals surface area contributed by atoms with Crippen molar-refractivity contribution >= 4 is 35.2 Å². The van der Waals surface area contributed by atoms with Crippen LogP contribution in [0.25, 0.3) is 0 Å². The first-order valence-corrected chi connectivity index (χ1v) is 12.7. The molecule has 0 unspecified atom stereocenters. The van der Waals surface area contributed by atoms with Crippen molar-refractivity contribution in [1.82, 2.24) is 10.2 Å². The summed E-state index contributed by atoms with van der Waals surface area (Å²) in [5, 5.41) is 3.78.